The van der Waals surface area contributed by atoms with Gasteiger partial charge in [-0.3, -0.25) is 10.2 Å². The molecule has 0 saturated heterocycles. The number of aromatic nitrogens is 1. The van der Waals surface area contributed by atoms with Crippen molar-refractivity contribution in [2.24, 2.45) is 0 Å². The van der Waals surface area contributed by atoms with E-state index in [0.717, 1.165) is 0 Å². The van der Waals surface area contributed by atoms with Gasteiger partial charge in [-0.05, 0) is 34.0 Å². The normalized spacial score (nSPS) is 20.0. The molecular weight excluding hydrogens is 272 g/mol. The zero-order valence-corrected chi connectivity index (χ0v) is 12.2. The van der Waals surface area contributed by atoms with Gasteiger partial charge in [0.2, 0.25) is 0 Å². The number of hydrogen-bond donors (Lipinski definition) is 1. The van der Waals surface area contributed by atoms with E-state index in [2.05, 4.69) is 30.3 Å². The Hall–Kier alpha value is -2.68. The zero-order chi connectivity index (χ0) is 15.2. The van der Waals surface area contributed by atoms with Crippen LogP contribution in [0.4, 0.5) is 0 Å². The lowest BCUT2D eigenvalue weighted by Crippen LogP contribution is -2.43. The molecule has 2 aromatic carbocycles. The second kappa shape index (κ2) is 4.67. The van der Waals surface area contributed by atoms with E-state index in [1.165, 1.54) is 28.2 Å². The summed E-state index contributed by atoms with van der Waals surface area (Å²) < 4.78 is 1.86. The van der Waals surface area contributed by atoms with E-state index in [0.29, 0.717) is 18.3 Å². The monoisotopic (exact) mass is 289 g/mol. The molecule has 2 N–H and O–H groups in total. The van der Waals surface area contributed by atoms with Gasteiger partial charge in [-0.15, -0.1) is 0 Å². The van der Waals surface area contributed by atoms with Crippen LogP contribution in [-0.4, -0.2) is 15.6 Å². The molecule has 108 valence electrons. The van der Waals surface area contributed by atoms with Crippen molar-refractivity contribution >= 4 is 17.1 Å². The second-order valence-corrected chi connectivity index (χ2v) is 5.97. The van der Waals surface area contributed by atoms with E-state index in [9.17, 15) is 4.79 Å². The molecule has 22 heavy (non-hydrogen) atoms. The lowest BCUT2D eigenvalue weighted by atomic mass is 9.96. The molecule has 0 radical (unpaired) electrons. The maximum atomic E-state index is 10.0. The van der Waals surface area contributed by atoms with Gasteiger partial charge in [-0.2, -0.15) is 0 Å². The van der Waals surface area contributed by atoms with Crippen molar-refractivity contribution in [3.63, 3.8) is 0 Å². The number of nitrogens with zero attached hydrogens (tertiary/aromatic N) is 1. The summed E-state index contributed by atoms with van der Waals surface area (Å²) in [5.41, 5.74) is 2.37. The van der Waals surface area contributed by atoms with E-state index in [1.54, 1.807) is 6.07 Å². The summed E-state index contributed by atoms with van der Waals surface area (Å²) in [4.78, 5) is 10.0. The van der Waals surface area contributed by atoms with E-state index >= 15 is 0 Å². The van der Waals surface area contributed by atoms with Crippen LogP contribution in [0.2, 0.25) is 0 Å². The number of fused-ring (bicyclic) bond motifs is 3. The zero-order valence-electron chi connectivity index (χ0n) is 12.2. The van der Waals surface area contributed by atoms with Crippen LogP contribution in [0.1, 0.15) is 11.1 Å². The van der Waals surface area contributed by atoms with Gasteiger partial charge in [-0.25, -0.2) is 0 Å². The predicted octanol–water partition coefficient (Wildman–Crippen LogP) is 2.79. The summed E-state index contributed by atoms with van der Waals surface area (Å²) >= 11 is 0. The standard InChI is InChI=1S/C19H16N2O/c20-18-7-3-4-10-21(18)19(13-22)11-15-9-8-14-5-1-2-6-16(14)17(15)12-19/h1-10,13,20H,11-12H2/p+1. The van der Waals surface area contributed by atoms with Gasteiger partial charge >= 0.3 is 6.29 Å². The number of nitrogens with one attached hydrogen (secondary N) is 1. The van der Waals surface area contributed by atoms with Gasteiger partial charge in [0.05, 0.1) is 0 Å². The highest BCUT2D eigenvalue weighted by Crippen LogP contribution is 2.37. The van der Waals surface area contributed by atoms with Crippen molar-refractivity contribution in [3.05, 3.63) is 77.4 Å². The largest absolute Gasteiger partial charge is 0.314 e. The van der Waals surface area contributed by atoms with E-state index in [1.807, 2.05) is 29.0 Å². The lowest BCUT2D eigenvalue weighted by Gasteiger charge is -2.23. The summed E-state index contributed by atoms with van der Waals surface area (Å²) in [6, 6.07) is 18.1. The number of hydrogen-bond acceptors (Lipinski definition) is 1. The van der Waals surface area contributed by atoms with Crippen LogP contribution in [-0.2, 0) is 18.4 Å². The molecule has 0 amide bonds. The van der Waals surface area contributed by atoms with Crippen molar-refractivity contribution in [2.45, 2.75) is 18.4 Å². The predicted molar refractivity (Wildman–Crippen MR) is 87.6 cm³/mol. The Bertz CT molecular complexity index is 941. The van der Waals surface area contributed by atoms with Crippen molar-refractivity contribution in [2.75, 3.05) is 0 Å². The van der Waals surface area contributed by atoms with Crippen molar-refractivity contribution in [1.29, 1.82) is 5.41 Å². The summed E-state index contributed by atoms with van der Waals surface area (Å²) in [6.45, 7) is 0. The number of pyridine rings is 1. The smallest absolute Gasteiger partial charge is 0.308 e. The van der Waals surface area contributed by atoms with Gasteiger partial charge < -0.3 is 4.57 Å². The topological polar surface area (TPSA) is 50.2 Å². The van der Waals surface area contributed by atoms with Crippen LogP contribution in [0.15, 0.2) is 60.8 Å². The van der Waals surface area contributed by atoms with Crippen molar-refractivity contribution in [1.82, 2.24) is 4.57 Å². The highest BCUT2D eigenvalue weighted by molar-refractivity contribution is 5.88. The first-order valence-electron chi connectivity index (χ1n) is 7.44. The minimum Gasteiger partial charge on any atom is -0.314 e. The van der Waals surface area contributed by atoms with E-state index in [-0.39, 0.29) is 0 Å². The van der Waals surface area contributed by atoms with Crippen molar-refractivity contribution in [3.8, 4) is 0 Å². The van der Waals surface area contributed by atoms with Crippen LogP contribution >= 0.6 is 0 Å². The lowest BCUT2D eigenvalue weighted by molar-refractivity contribution is 0.392. The number of rotatable bonds is 2. The first kappa shape index (κ1) is 13.0. The van der Waals surface area contributed by atoms with Crippen LogP contribution in [0.3, 0.4) is 0 Å². The second-order valence-electron chi connectivity index (χ2n) is 5.97. The molecule has 0 spiro atoms. The molecule has 0 fully saturated rings. The summed E-state index contributed by atoms with van der Waals surface area (Å²) in [6.07, 6.45) is 4.56. The number of benzene rings is 2. The third-order valence-electron chi connectivity index (χ3n) is 4.70. The fourth-order valence-corrected chi connectivity index (χ4v) is 3.61. The summed E-state index contributed by atoms with van der Waals surface area (Å²) in [7, 11) is 0. The quantitative estimate of drug-likeness (QED) is 0.557. The molecule has 0 saturated carbocycles. The van der Waals surface area contributed by atoms with Gasteiger partial charge in [0.25, 0.3) is 0 Å². The number of carbonyl (C=O) groups excluding carboxylic acids is 1. The molecule has 1 unspecified atom stereocenters. The molecule has 1 aliphatic carbocycles. The molecule has 3 aromatic rings. The highest BCUT2D eigenvalue weighted by Gasteiger charge is 2.42. The Balaban J connectivity index is 1.93. The first-order valence-corrected chi connectivity index (χ1v) is 7.44. The molecule has 3 nitrogen and oxygen atoms in total. The Labute approximate surface area is 128 Å². The molecule has 1 heterocycles. The molecular formula is C19H17N2O+. The minimum atomic E-state index is -0.565. The fraction of sp³-hybridized carbons (Fsp3) is 0.158. The van der Waals surface area contributed by atoms with Crippen LogP contribution in [0.5, 0.6) is 0 Å². The van der Waals surface area contributed by atoms with Crippen LogP contribution < -0.4 is 5.49 Å². The van der Waals surface area contributed by atoms with Crippen LogP contribution in [0.25, 0.3) is 10.8 Å². The third kappa shape index (κ3) is 1.75. The molecule has 3 heteroatoms. The summed E-state index contributed by atoms with van der Waals surface area (Å²) in [5, 5.41) is 10.6. The Morgan fingerprint density at radius 2 is 1.82 bits per heavy atom. The molecule has 0 bridgehead atoms. The molecule has 4 rings (SSSR count). The van der Waals surface area contributed by atoms with E-state index in [4.69, 9.17) is 5.41 Å². The SMILES string of the molecule is N=c1ccccn1C1(C=[OH+])Cc2ccc3ccccc3c2C1. The van der Waals surface area contributed by atoms with E-state index < -0.39 is 5.54 Å². The average Bonchev–Trinajstić information content (AvgIpc) is 2.95. The molecule has 1 aromatic heterocycles. The molecule has 1 aliphatic rings. The molecule has 0 aliphatic heterocycles. The number of aldehydes is 1. The Morgan fingerprint density at radius 3 is 2.64 bits per heavy atom. The van der Waals surface area contributed by atoms with Crippen molar-refractivity contribution < 1.29 is 4.79 Å². The first-order chi connectivity index (χ1) is 10.7. The van der Waals surface area contributed by atoms with Gasteiger partial charge in [0.1, 0.15) is 5.49 Å². The van der Waals surface area contributed by atoms with Gasteiger partial charge in [0.15, 0.2) is 5.54 Å². The Morgan fingerprint density at radius 1 is 1.00 bits per heavy atom. The summed E-state index contributed by atoms with van der Waals surface area (Å²) in [5.74, 6) is 0. The highest BCUT2D eigenvalue weighted by atomic mass is 16.1. The average molecular weight is 289 g/mol. The fourth-order valence-electron chi connectivity index (χ4n) is 3.61. The van der Waals surface area contributed by atoms with Gasteiger partial charge in [0, 0.05) is 19.0 Å². The minimum absolute atomic E-state index is 0.407. The molecule has 1 atom stereocenters. The van der Waals surface area contributed by atoms with Gasteiger partial charge in [-0.1, -0.05) is 42.5 Å². The Kier molecular flexibility index (Phi) is 2.76. The maximum Gasteiger partial charge on any atom is 0.308 e. The maximum absolute atomic E-state index is 10.0. The third-order valence-corrected chi connectivity index (χ3v) is 4.70. The van der Waals surface area contributed by atoms with Crippen LogP contribution in [0, 0.1) is 5.41 Å².